The van der Waals surface area contributed by atoms with E-state index in [0.29, 0.717) is 0 Å². The number of nitrogens with zero attached hydrogens (tertiary/aromatic N) is 3. The third kappa shape index (κ3) is 4.48. The van der Waals surface area contributed by atoms with E-state index in [-0.39, 0.29) is 0 Å². The van der Waals surface area contributed by atoms with Gasteiger partial charge >= 0.3 is 0 Å². The average molecular weight is 365 g/mol. The van der Waals surface area contributed by atoms with E-state index in [0.717, 1.165) is 46.8 Å². The van der Waals surface area contributed by atoms with Gasteiger partial charge in [-0.3, -0.25) is 4.68 Å². The molecule has 0 amide bonds. The van der Waals surface area contributed by atoms with Gasteiger partial charge < -0.3 is 9.47 Å². The first-order chi connectivity index (χ1) is 13.3. The van der Waals surface area contributed by atoms with Crippen molar-refractivity contribution in [3.63, 3.8) is 0 Å². The van der Waals surface area contributed by atoms with Gasteiger partial charge in [0.25, 0.3) is 0 Å². The van der Waals surface area contributed by atoms with Crippen molar-refractivity contribution in [3.8, 4) is 33.9 Å². The Labute approximate surface area is 160 Å². The topological polar surface area (TPSA) is 49.2 Å². The van der Waals surface area contributed by atoms with Crippen molar-refractivity contribution >= 4 is 0 Å². The van der Waals surface area contributed by atoms with Crippen LogP contribution >= 0.6 is 0 Å². The minimum absolute atomic E-state index is 0.793. The van der Waals surface area contributed by atoms with E-state index in [1.165, 1.54) is 19.3 Å². The summed E-state index contributed by atoms with van der Waals surface area (Å²) in [6.07, 6.45) is 6.84. The largest absolute Gasteiger partial charge is 0.497 e. The first-order valence-electron chi connectivity index (χ1n) is 9.48. The van der Waals surface area contributed by atoms with Gasteiger partial charge in [0.15, 0.2) is 0 Å². The van der Waals surface area contributed by atoms with Crippen molar-refractivity contribution in [1.82, 2.24) is 15.0 Å². The first-order valence-corrected chi connectivity index (χ1v) is 9.48. The van der Waals surface area contributed by atoms with Crippen molar-refractivity contribution < 1.29 is 9.47 Å². The molecule has 0 saturated carbocycles. The van der Waals surface area contributed by atoms with Gasteiger partial charge in [0.2, 0.25) is 0 Å². The van der Waals surface area contributed by atoms with Gasteiger partial charge in [0.05, 0.1) is 26.0 Å². The van der Waals surface area contributed by atoms with Crippen LogP contribution in [0, 0.1) is 0 Å². The molecular weight excluding hydrogens is 338 g/mol. The molecule has 142 valence electrons. The predicted molar refractivity (Wildman–Crippen MR) is 108 cm³/mol. The molecule has 0 saturated heterocycles. The summed E-state index contributed by atoms with van der Waals surface area (Å²) in [4.78, 5) is 0. The summed E-state index contributed by atoms with van der Waals surface area (Å²) in [6, 6.07) is 14.1. The van der Waals surface area contributed by atoms with Crippen LogP contribution in [0.4, 0.5) is 0 Å². The fourth-order valence-electron chi connectivity index (χ4n) is 3.20. The van der Waals surface area contributed by atoms with Gasteiger partial charge in [-0.25, -0.2) is 0 Å². The molecule has 27 heavy (non-hydrogen) atoms. The van der Waals surface area contributed by atoms with Crippen LogP contribution in [0.25, 0.3) is 22.4 Å². The monoisotopic (exact) mass is 365 g/mol. The zero-order valence-corrected chi connectivity index (χ0v) is 16.3. The normalized spacial score (nSPS) is 10.8. The number of methoxy groups -OCH3 is 2. The third-order valence-corrected chi connectivity index (χ3v) is 4.68. The van der Waals surface area contributed by atoms with Crippen LogP contribution < -0.4 is 9.47 Å². The second-order valence-corrected chi connectivity index (χ2v) is 6.54. The maximum Gasteiger partial charge on any atom is 0.129 e. The zero-order valence-electron chi connectivity index (χ0n) is 16.3. The van der Waals surface area contributed by atoms with E-state index in [1.54, 1.807) is 14.2 Å². The van der Waals surface area contributed by atoms with E-state index < -0.39 is 0 Å². The van der Waals surface area contributed by atoms with E-state index in [2.05, 4.69) is 23.3 Å². The highest BCUT2D eigenvalue weighted by atomic mass is 16.5. The number of hydrogen-bond acceptors (Lipinski definition) is 4. The lowest BCUT2D eigenvalue weighted by atomic mass is 9.97. The zero-order chi connectivity index (χ0) is 19.1. The quantitative estimate of drug-likeness (QED) is 0.488. The van der Waals surface area contributed by atoms with Crippen molar-refractivity contribution in [3.05, 3.63) is 48.7 Å². The molecule has 1 aromatic heterocycles. The summed E-state index contributed by atoms with van der Waals surface area (Å²) in [7, 11) is 3.36. The Kier molecular flexibility index (Phi) is 6.47. The van der Waals surface area contributed by atoms with Gasteiger partial charge in [-0.15, -0.1) is 5.10 Å². The lowest BCUT2D eigenvalue weighted by Gasteiger charge is -2.12. The number of aromatic nitrogens is 3. The molecule has 0 aliphatic carbocycles. The molecule has 0 bridgehead atoms. The van der Waals surface area contributed by atoms with Crippen LogP contribution in [0.5, 0.6) is 11.5 Å². The predicted octanol–water partition coefficient (Wildman–Crippen LogP) is 5.21. The molecule has 2 aromatic carbocycles. The number of benzene rings is 2. The Morgan fingerprint density at radius 2 is 1.74 bits per heavy atom. The number of rotatable bonds is 9. The van der Waals surface area contributed by atoms with E-state index in [9.17, 15) is 0 Å². The van der Waals surface area contributed by atoms with Crippen LogP contribution in [-0.4, -0.2) is 29.2 Å². The molecule has 5 nitrogen and oxygen atoms in total. The smallest absolute Gasteiger partial charge is 0.129 e. The summed E-state index contributed by atoms with van der Waals surface area (Å²) in [6.45, 7) is 3.11. The summed E-state index contributed by atoms with van der Waals surface area (Å²) >= 11 is 0. The standard InChI is InChI=1S/C22H27N3O2/c1-4-5-6-7-15-25-16-20(23-24-25)22-19(9-8-10-21(22)27-3)17-11-13-18(26-2)14-12-17/h8-14,16H,4-7,15H2,1-3H3. The molecule has 3 aromatic rings. The summed E-state index contributed by atoms with van der Waals surface area (Å²) in [5, 5.41) is 8.74. The third-order valence-electron chi connectivity index (χ3n) is 4.68. The SMILES string of the molecule is CCCCCCn1cc(-c2c(OC)cccc2-c2ccc(OC)cc2)nn1. The maximum absolute atomic E-state index is 5.63. The van der Waals surface area contributed by atoms with E-state index in [4.69, 9.17) is 9.47 Å². The fraction of sp³-hybridized carbons (Fsp3) is 0.364. The van der Waals surface area contributed by atoms with Gasteiger partial charge in [0, 0.05) is 6.54 Å². The molecule has 0 radical (unpaired) electrons. The lowest BCUT2D eigenvalue weighted by molar-refractivity contribution is 0.415. The van der Waals surface area contributed by atoms with Gasteiger partial charge in [0.1, 0.15) is 17.2 Å². The molecule has 0 unspecified atom stereocenters. The lowest BCUT2D eigenvalue weighted by Crippen LogP contribution is -1.98. The van der Waals surface area contributed by atoms with Gasteiger partial charge in [-0.1, -0.05) is 55.7 Å². The van der Waals surface area contributed by atoms with Crippen molar-refractivity contribution in [2.24, 2.45) is 0 Å². The second-order valence-electron chi connectivity index (χ2n) is 6.54. The Bertz CT molecular complexity index is 856. The van der Waals surface area contributed by atoms with Crippen molar-refractivity contribution in [1.29, 1.82) is 0 Å². The van der Waals surface area contributed by atoms with Crippen molar-refractivity contribution in [2.45, 2.75) is 39.2 Å². The maximum atomic E-state index is 5.63. The van der Waals surface area contributed by atoms with E-state index >= 15 is 0 Å². The highest BCUT2D eigenvalue weighted by Crippen LogP contribution is 2.38. The van der Waals surface area contributed by atoms with E-state index in [1.807, 2.05) is 47.3 Å². The molecule has 0 atom stereocenters. The molecule has 5 heteroatoms. The number of aryl methyl sites for hydroxylation is 1. The van der Waals surface area contributed by atoms with Gasteiger partial charge in [-0.2, -0.15) is 0 Å². The highest BCUT2D eigenvalue weighted by molar-refractivity contribution is 5.86. The highest BCUT2D eigenvalue weighted by Gasteiger charge is 2.16. The van der Waals surface area contributed by atoms with Crippen LogP contribution in [0.2, 0.25) is 0 Å². The number of unbranched alkanes of at least 4 members (excludes halogenated alkanes) is 3. The Morgan fingerprint density at radius 1 is 0.926 bits per heavy atom. The molecule has 1 heterocycles. The minimum Gasteiger partial charge on any atom is -0.497 e. The van der Waals surface area contributed by atoms with Crippen LogP contribution in [-0.2, 0) is 6.54 Å². The Hall–Kier alpha value is -2.82. The average Bonchev–Trinajstić information content (AvgIpc) is 3.19. The van der Waals surface area contributed by atoms with Gasteiger partial charge in [-0.05, 0) is 35.7 Å². The second kappa shape index (κ2) is 9.21. The van der Waals surface area contributed by atoms with Crippen molar-refractivity contribution in [2.75, 3.05) is 14.2 Å². The fourth-order valence-corrected chi connectivity index (χ4v) is 3.20. The first kappa shape index (κ1) is 19.0. The minimum atomic E-state index is 0.793. The summed E-state index contributed by atoms with van der Waals surface area (Å²) in [5.41, 5.74) is 3.94. The summed E-state index contributed by atoms with van der Waals surface area (Å²) < 4.78 is 12.8. The molecule has 0 fully saturated rings. The summed E-state index contributed by atoms with van der Waals surface area (Å²) in [5.74, 6) is 1.63. The molecule has 0 aliphatic rings. The van der Waals surface area contributed by atoms with Crippen LogP contribution in [0.1, 0.15) is 32.6 Å². The molecule has 3 rings (SSSR count). The molecule has 0 N–H and O–H groups in total. The van der Waals surface area contributed by atoms with Crippen LogP contribution in [0.15, 0.2) is 48.7 Å². The number of hydrogen-bond donors (Lipinski definition) is 0. The molecule has 0 aliphatic heterocycles. The van der Waals surface area contributed by atoms with Crippen LogP contribution in [0.3, 0.4) is 0 Å². The Balaban J connectivity index is 1.93. The Morgan fingerprint density at radius 3 is 2.44 bits per heavy atom. The molecule has 0 spiro atoms. The molecular formula is C22H27N3O2. The number of ether oxygens (including phenoxy) is 2.